The quantitative estimate of drug-likeness (QED) is 0.760. The van der Waals surface area contributed by atoms with Crippen molar-refractivity contribution in [3.05, 3.63) is 29.8 Å². The smallest absolute Gasteiger partial charge is 0.0659 e. The fraction of sp³-hybridized carbons (Fsp3) is 0.455. The lowest BCUT2D eigenvalue weighted by atomic mass is 10.1. The third-order valence-corrected chi connectivity index (χ3v) is 2.85. The molecule has 0 aliphatic heterocycles. The summed E-state index contributed by atoms with van der Waals surface area (Å²) in [5.74, 6) is 0. The number of ether oxygens (including phenoxy) is 1. The molecule has 3 heteroatoms. The molecular formula is C11H17NOS. The summed E-state index contributed by atoms with van der Waals surface area (Å²) in [6, 6.07) is 8.18. The van der Waals surface area contributed by atoms with E-state index in [9.17, 15) is 0 Å². The summed E-state index contributed by atoms with van der Waals surface area (Å²) >= 11 is 1.72. The van der Waals surface area contributed by atoms with Crippen LogP contribution in [-0.2, 0) is 4.74 Å². The molecule has 0 saturated heterocycles. The van der Waals surface area contributed by atoms with Gasteiger partial charge < -0.3 is 10.5 Å². The highest BCUT2D eigenvalue weighted by Crippen LogP contribution is 2.24. The molecule has 0 radical (unpaired) electrons. The maximum Gasteiger partial charge on any atom is 0.0659 e. The second kappa shape index (κ2) is 6.06. The molecule has 1 unspecified atom stereocenters. The van der Waals surface area contributed by atoms with Gasteiger partial charge in [-0.15, -0.1) is 11.8 Å². The van der Waals surface area contributed by atoms with Gasteiger partial charge in [0.1, 0.15) is 0 Å². The standard InChI is InChI=1S/C11H17NOS/c1-3-13-8-10(12)9-6-4-5-7-11(9)14-2/h4-7,10H,3,8,12H2,1-2H3. The average molecular weight is 211 g/mol. The van der Waals surface area contributed by atoms with Crippen LogP contribution in [-0.4, -0.2) is 19.5 Å². The van der Waals surface area contributed by atoms with E-state index >= 15 is 0 Å². The van der Waals surface area contributed by atoms with Crippen LogP contribution in [0.25, 0.3) is 0 Å². The normalized spacial score (nSPS) is 12.8. The zero-order chi connectivity index (χ0) is 10.4. The zero-order valence-electron chi connectivity index (χ0n) is 8.69. The second-order valence-electron chi connectivity index (χ2n) is 3.01. The van der Waals surface area contributed by atoms with E-state index in [0.29, 0.717) is 6.61 Å². The highest BCUT2D eigenvalue weighted by Gasteiger charge is 2.09. The summed E-state index contributed by atoms with van der Waals surface area (Å²) in [4.78, 5) is 1.24. The van der Waals surface area contributed by atoms with E-state index in [1.54, 1.807) is 11.8 Å². The van der Waals surface area contributed by atoms with Crippen molar-refractivity contribution in [3.8, 4) is 0 Å². The third kappa shape index (κ3) is 3.01. The molecule has 0 spiro atoms. The Bertz CT molecular complexity index is 278. The van der Waals surface area contributed by atoms with E-state index in [1.165, 1.54) is 10.5 Å². The van der Waals surface area contributed by atoms with Crippen LogP contribution in [0.5, 0.6) is 0 Å². The van der Waals surface area contributed by atoms with Crippen molar-refractivity contribution in [2.24, 2.45) is 5.73 Å². The van der Waals surface area contributed by atoms with Crippen molar-refractivity contribution in [3.63, 3.8) is 0 Å². The summed E-state index contributed by atoms with van der Waals surface area (Å²) in [7, 11) is 0. The van der Waals surface area contributed by atoms with Gasteiger partial charge in [0.05, 0.1) is 12.6 Å². The van der Waals surface area contributed by atoms with Gasteiger partial charge in [-0.05, 0) is 24.8 Å². The van der Waals surface area contributed by atoms with Crippen molar-refractivity contribution in [2.45, 2.75) is 17.9 Å². The first kappa shape index (κ1) is 11.6. The van der Waals surface area contributed by atoms with Crippen molar-refractivity contribution in [1.82, 2.24) is 0 Å². The Morgan fingerprint density at radius 2 is 2.14 bits per heavy atom. The van der Waals surface area contributed by atoms with Gasteiger partial charge in [0.2, 0.25) is 0 Å². The van der Waals surface area contributed by atoms with Gasteiger partial charge in [-0.1, -0.05) is 18.2 Å². The maximum atomic E-state index is 6.02. The van der Waals surface area contributed by atoms with Crippen LogP contribution in [0.2, 0.25) is 0 Å². The topological polar surface area (TPSA) is 35.2 Å². The highest BCUT2D eigenvalue weighted by atomic mass is 32.2. The van der Waals surface area contributed by atoms with E-state index in [1.807, 2.05) is 19.1 Å². The lowest BCUT2D eigenvalue weighted by Gasteiger charge is -2.14. The number of nitrogens with two attached hydrogens (primary N) is 1. The molecule has 0 fully saturated rings. The van der Waals surface area contributed by atoms with Crippen LogP contribution in [0.15, 0.2) is 29.2 Å². The SMILES string of the molecule is CCOCC(N)c1ccccc1SC. The molecule has 1 atom stereocenters. The molecule has 14 heavy (non-hydrogen) atoms. The molecular weight excluding hydrogens is 194 g/mol. The van der Waals surface area contributed by atoms with Crippen molar-refractivity contribution in [2.75, 3.05) is 19.5 Å². The van der Waals surface area contributed by atoms with Crippen LogP contribution < -0.4 is 5.73 Å². The number of benzene rings is 1. The first-order valence-electron chi connectivity index (χ1n) is 4.75. The molecule has 0 saturated carbocycles. The van der Waals surface area contributed by atoms with Crippen LogP contribution in [0.4, 0.5) is 0 Å². The van der Waals surface area contributed by atoms with Gasteiger partial charge in [-0.25, -0.2) is 0 Å². The number of hydrogen-bond acceptors (Lipinski definition) is 3. The van der Waals surface area contributed by atoms with Crippen molar-refractivity contribution in [1.29, 1.82) is 0 Å². The fourth-order valence-electron chi connectivity index (χ4n) is 1.31. The van der Waals surface area contributed by atoms with Gasteiger partial charge in [-0.3, -0.25) is 0 Å². The lowest BCUT2D eigenvalue weighted by Crippen LogP contribution is -2.17. The monoisotopic (exact) mass is 211 g/mol. The third-order valence-electron chi connectivity index (χ3n) is 2.04. The Morgan fingerprint density at radius 3 is 2.79 bits per heavy atom. The first-order chi connectivity index (χ1) is 6.79. The lowest BCUT2D eigenvalue weighted by molar-refractivity contribution is 0.133. The maximum absolute atomic E-state index is 6.02. The molecule has 0 bridgehead atoms. The highest BCUT2D eigenvalue weighted by molar-refractivity contribution is 7.98. The molecule has 0 heterocycles. The Kier molecular flexibility index (Phi) is 5.01. The van der Waals surface area contributed by atoms with Gasteiger partial charge in [0.25, 0.3) is 0 Å². The second-order valence-corrected chi connectivity index (χ2v) is 3.86. The molecule has 2 nitrogen and oxygen atoms in total. The van der Waals surface area contributed by atoms with E-state index < -0.39 is 0 Å². The molecule has 0 aromatic heterocycles. The number of rotatable bonds is 5. The first-order valence-corrected chi connectivity index (χ1v) is 5.98. The van der Waals surface area contributed by atoms with Gasteiger partial charge >= 0.3 is 0 Å². The molecule has 0 aliphatic carbocycles. The Hall–Kier alpha value is -0.510. The number of hydrogen-bond donors (Lipinski definition) is 1. The Morgan fingerprint density at radius 1 is 1.43 bits per heavy atom. The molecule has 0 amide bonds. The molecule has 1 aromatic carbocycles. The summed E-state index contributed by atoms with van der Waals surface area (Å²) in [6.07, 6.45) is 2.06. The Balaban J connectivity index is 2.72. The molecule has 2 N–H and O–H groups in total. The van der Waals surface area contributed by atoms with E-state index in [4.69, 9.17) is 10.5 Å². The largest absolute Gasteiger partial charge is 0.380 e. The zero-order valence-corrected chi connectivity index (χ0v) is 9.51. The van der Waals surface area contributed by atoms with Crippen molar-refractivity contribution < 1.29 is 4.74 Å². The van der Waals surface area contributed by atoms with Gasteiger partial charge in [0.15, 0.2) is 0 Å². The van der Waals surface area contributed by atoms with Crippen LogP contribution >= 0.6 is 11.8 Å². The summed E-state index contributed by atoms with van der Waals surface area (Å²) in [6.45, 7) is 3.29. The number of thioether (sulfide) groups is 1. The minimum absolute atomic E-state index is 0.0152. The summed E-state index contributed by atoms with van der Waals surface area (Å²) in [5, 5.41) is 0. The van der Waals surface area contributed by atoms with E-state index in [-0.39, 0.29) is 6.04 Å². The fourth-order valence-corrected chi connectivity index (χ4v) is 1.98. The van der Waals surface area contributed by atoms with Gasteiger partial charge in [0, 0.05) is 11.5 Å². The predicted molar refractivity (Wildman–Crippen MR) is 61.6 cm³/mol. The summed E-state index contributed by atoms with van der Waals surface area (Å²) < 4.78 is 5.31. The Labute approximate surface area is 89.8 Å². The molecule has 78 valence electrons. The van der Waals surface area contributed by atoms with E-state index in [0.717, 1.165) is 6.61 Å². The molecule has 1 rings (SSSR count). The molecule has 0 aliphatic rings. The van der Waals surface area contributed by atoms with Crippen LogP contribution in [0.3, 0.4) is 0 Å². The summed E-state index contributed by atoms with van der Waals surface area (Å²) in [5.41, 5.74) is 7.19. The minimum Gasteiger partial charge on any atom is -0.380 e. The van der Waals surface area contributed by atoms with Crippen molar-refractivity contribution >= 4 is 11.8 Å². The molecule has 1 aromatic rings. The minimum atomic E-state index is -0.0152. The van der Waals surface area contributed by atoms with E-state index in [2.05, 4.69) is 18.4 Å². The van der Waals surface area contributed by atoms with Gasteiger partial charge in [-0.2, -0.15) is 0 Å². The van der Waals surface area contributed by atoms with Crippen LogP contribution in [0.1, 0.15) is 18.5 Å². The average Bonchev–Trinajstić information content (AvgIpc) is 2.25. The predicted octanol–water partition coefficient (Wildman–Crippen LogP) is 2.44. The van der Waals surface area contributed by atoms with Crippen LogP contribution in [0, 0.1) is 0 Å².